The van der Waals surface area contributed by atoms with Crippen molar-refractivity contribution in [2.75, 3.05) is 5.73 Å². The number of hydrogen-bond acceptors (Lipinski definition) is 7. The zero-order chi connectivity index (χ0) is 14.2. The van der Waals surface area contributed by atoms with Crippen molar-refractivity contribution in [3.63, 3.8) is 0 Å². The highest BCUT2D eigenvalue weighted by atomic mass is 19.1. The Morgan fingerprint density at radius 1 is 1.53 bits per heavy atom. The predicted octanol–water partition coefficient (Wildman–Crippen LogP) is -1.19. The molecule has 1 saturated heterocycles. The normalized spacial score (nSPS) is 31.6. The van der Waals surface area contributed by atoms with Crippen LogP contribution in [-0.2, 0) is 4.74 Å². The smallest absolute Gasteiger partial charge is 0.351 e. The van der Waals surface area contributed by atoms with Crippen LogP contribution in [0.5, 0.6) is 0 Å². The average Bonchev–Trinajstić information content (AvgIpc) is 2.66. The molecule has 19 heavy (non-hydrogen) atoms. The molecule has 0 aliphatic carbocycles. The van der Waals surface area contributed by atoms with Crippen molar-refractivity contribution in [3.8, 4) is 0 Å². The maximum absolute atomic E-state index is 12.2. The molecule has 1 aliphatic rings. The molecular weight excluding hydrogens is 261 g/mol. The number of nitrogens with zero attached hydrogens (tertiary/aromatic N) is 2. The molecule has 1 fully saturated rings. The predicted molar refractivity (Wildman–Crippen MR) is 60.7 cm³/mol. The molecule has 1 aromatic heterocycles. The quantitative estimate of drug-likeness (QED) is 0.498. The number of hydrogen-bond donors (Lipinski definition) is 4. The summed E-state index contributed by atoms with van der Waals surface area (Å²) in [5, 5.41) is 28.6. The highest BCUT2D eigenvalue weighted by Crippen LogP contribution is 2.31. The standard InChI is InChI=1S/C10H12FN3O5/c11-3-4(15)8-6(16)7(17)9(19-8)14-2-1-5(12)13-10(14)18/h1-3,6-9,15-17H,(H2,12,13,18)/t6-,7+,8+,9+/m0/s1. The van der Waals surface area contributed by atoms with Gasteiger partial charge in [0.2, 0.25) is 0 Å². The van der Waals surface area contributed by atoms with E-state index < -0.39 is 36.0 Å². The van der Waals surface area contributed by atoms with E-state index in [1.165, 1.54) is 12.3 Å². The third kappa shape index (κ3) is 2.30. The van der Waals surface area contributed by atoms with Crippen molar-refractivity contribution in [1.82, 2.24) is 9.55 Å². The molecule has 9 heteroatoms. The van der Waals surface area contributed by atoms with Gasteiger partial charge < -0.3 is 25.8 Å². The van der Waals surface area contributed by atoms with Crippen molar-refractivity contribution in [2.24, 2.45) is 0 Å². The van der Waals surface area contributed by atoms with Gasteiger partial charge in [-0.2, -0.15) is 4.98 Å². The maximum Gasteiger partial charge on any atom is 0.351 e. The summed E-state index contributed by atoms with van der Waals surface area (Å²) in [7, 11) is 0. The number of aromatic nitrogens is 2. The van der Waals surface area contributed by atoms with Crippen molar-refractivity contribution >= 4 is 5.82 Å². The number of nitrogens with two attached hydrogens (primary N) is 1. The van der Waals surface area contributed by atoms with Gasteiger partial charge in [0, 0.05) is 6.20 Å². The van der Waals surface area contributed by atoms with Crippen LogP contribution >= 0.6 is 0 Å². The van der Waals surface area contributed by atoms with Crippen LogP contribution in [0.4, 0.5) is 10.2 Å². The van der Waals surface area contributed by atoms with E-state index in [-0.39, 0.29) is 12.1 Å². The van der Waals surface area contributed by atoms with Gasteiger partial charge in [-0.25, -0.2) is 9.18 Å². The van der Waals surface area contributed by atoms with Crippen LogP contribution in [0, 0.1) is 0 Å². The summed E-state index contributed by atoms with van der Waals surface area (Å²) in [5.74, 6) is -0.900. The third-order valence-electron chi connectivity index (χ3n) is 2.77. The number of aliphatic hydroxyl groups excluding tert-OH is 3. The largest absolute Gasteiger partial charge is 0.507 e. The van der Waals surface area contributed by atoms with E-state index in [1.807, 2.05) is 0 Å². The Labute approximate surface area is 106 Å². The molecule has 0 spiro atoms. The van der Waals surface area contributed by atoms with Gasteiger partial charge in [-0.15, -0.1) is 0 Å². The topological polar surface area (TPSA) is 131 Å². The molecule has 0 radical (unpaired) electrons. The number of aliphatic hydroxyl groups is 3. The molecule has 1 aromatic rings. The SMILES string of the molecule is Nc1ccn([C@@H]2O[C@H](C(O)=CF)[C@@H](O)[C@H]2O)c(=O)n1. The van der Waals surface area contributed by atoms with Crippen LogP contribution in [-0.4, -0.2) is 43.2 Å². The maximum atomic E-state index is 12.2. The van der Waals surface area contributed by atoms with E-state index in [0.717, 1.165) is 4.57 Å². The lowest BCUT2D eigenvalue weighted by atomic mass is 10.1. The lowest BCUT2D eigenvalue weighted by molar-refractivity contribution is -0.0393. The molecule has 104 valence electrons. The van der Waals surface area contributed by atoms with E-state index in [2.05, 4.69) is 4.98 Å². The minimum absolute atomic E-state index is 0.0164. The molecule has 0 unspecified atom stereocenters. The Morgan fingerprint density at radius 3 is 2.79 bits per heavy atom. The minimum atomic E-state index is -1.58. The van der Waals surface area contributed by atoms with Crippen molar-refractivity contribution < 1.29 is 24.4 Å². The van der Waals surface area contributed by atoms with Gasteiger partial charge in [-0.3, -0.25) is 4.57 Å². The molecule has 2 heterocycles. The number of rotatable bonds is 2. The monoisotopic (exact) mass is 273 g/mol. The van der Waals surface area contributed by atoms with Crippen LogP contribution in [0.1, 0.15) is 6.23 Å². The van der Waals surface area contributed by atoms with E-state index in [0.29, 0.717) is 0 Å². The van der Waals surface area contributed by atoms with Gasteiger partial charge in [0.05, 0.1) is 0 Å². The zero-order valence-electron chi connectivity index (χ0n) is 9.55. The second kappa shape index (κ2) is 4.96. The second-order valence-electron chi connectivity index (χ2n) is 4.00. The summed E-state index contributed by atoms with van der Waals surface area (Å²) in [6.45, 7) is 0. The molecule has 5 N–H and O–H groups in total. The zero-order valence-corrected chi connectivity index (χ0v) is 9.55. The summed E-state index contributed by atoms with van der Waals surface area (Å²) in [5.41, 5.74) is 4.50. The van der Waals surface area contributed by atoms with Gasteiger partial charge in [0.1, 0.15) is 30.5 Å². The van der Waals surface area contributed by atoms with Crippen molar-refractivity contribution in [3.05, 3.63) is 34.8 Å². The van der Waals surface area contributed by atoms with E-state index in [1.54, 1.807) is 0 Å². The van der Waals surface area contributed by atoms with E-state index in [4.69, 9.17) is 10.5 Å². The van der Waals surface area contributed by atoms with Crippen molar-refractivity contribution in [2.45, 2.75) is 24.5 Å². The van der Waals surface area contributed by atoms with Gasteiger partial charge in [0.15, 0.2) is 12.0 Å². The highest BCUT2D eigenvalue weighted by molar-refractivity contribution is 5.23. The lowest BCUT2D eigenvalue weighted by Gasteiger charge is -2.16. The fourth-order valence-electron chi connectivity index (χ4n) is 1.82. The summed E-state index contributed by atoms with van der Waals surface area (Å²) in [6, 6.07) is 1.29. The van der Waals surface area contributed by atoms with Crippen LogP contribution in [0.25, 0.3) is 0 Å². The summed E-state index contributed by atoms with van der Waals surface area (Å²) < 4.78 is 18.2. The van der Waals surface area contributed by atoms with Crippen LogP contribution in [0.2, 0.25) is 0 Å². The van der Waals surface area contributed by atoms with Gasteiger partial charge in [-0.05, 0) is 6.07 Å². The molecule has 0 saturated carbocycles. The molecule has 2 rings (SSSR count). The molecule has 8 nitrogen and oxygen atoms in total. The molecule has 1 aliphatic heterocycles. The average molecular weight is 273 g/mol. The molecule has 4 atom stereocenters. The first-order chi connectivity index (χ1) is 8.95. The number of anilines is 1. The summed E-state index contributed by atoms with van der Waals surface area (Å²) in [6.07, 6.45) is -4.83. The Morgan fingerprint density at radius 2 is 2.21 bits per heavy atom. The van der Waals surface area contributed by atoms with Crippen LogP contribution in [0.15, 0.2) is 29.1 Å². The number of nitrogen functional groups attached to an aromatic ring is 1. The Balaban J connectivity index is 2.34. The first-order valence-corrected chi connectivity index (χ1v) is 5.31. The number of halogens is 1. The third-order valence-corrected chi connectivity index (χ3v) is 2.77. The van der Waals surface area contributed by atoms with Crippen molar-refractivity contribution in [1.29, 1.82) is 0 Å². The first kappa shape index (κ1) is 13.5. The van der Waals surface area contributed by atoms with Gasteiger partial charge >= 0.3 is 5.69 Å². The summed E-state index contributed by atoms with van der Waals surface area (Å²) >= 11 is 0. The number of ether oxygens (including phenoxy) is 1. The highest BCUT2D eigenvalue weighted by Gasteiger charge is 2.46. The Hall–Kier alpha value is -1.97. The Kier molecular flexibility index (Phi) is 3.51. The fraction of sp³-hybridized carbons (Fsp3) is 0.400. The van der Waals surface area contributed by atoms with Crippen LogP contribution < -0.4 is 11.4 Å². The van der Waals surface area contributed by atoms with E-state index >= 15 is 0 Å². The molecule has 0 aromatic carbocycles. The van der Waals surface area contributed by atoms with Crippen LogP contribution in [0.3, 0.4) is 0 Å². The minimum Gasteiger partial charge on any atom is -0.507 e. The fourth-order valence-corrected chi connectivity index (χ4v) is 1.82. The van der Waals surface area contributed by atoms with Gasteiger partial charge in [0.25, 0.3) is 0 Å². The Bertz CT molecular complexity index is 560. The molecule has 0 bridgehead atoms. The first-order valence-electron chi connectivity index (χ1n) is 5.31. The second-order valence-corrected chi connectivity index (χ2v) is 4.00. The van der Waals surface area contributed by atoms with E-state index in [9.17, 15) is 24.5 Å². The lowest BCUT2D eigenvalue weighted by Crippen LogP contribution is -2.35. The molecular formula is C10H12FN3O5. The molecule has 0 amide bonds. The summed E-state index contributed by atoms with van der Waals surface area (Å²) in [4.78, 5) is 15.0. The van der Waals surface area contributed by atoms with Gasteiger partial charge in [-0.1, -0.05) is 0 Å².